The Bertz CT molecular complexity index is 839. The molecule has 2 unspecified atom stereocenters. The Morgan fingerprint density at radius 1 is 1.12 bits per heavy atom. The number of rotatable bonds is 5. The number of imidazole rings is 1. The number of halogens is 2. The van der Waals surface area contributed by atoms with Gasteiger partial charge in [-0.05, 0) is 23.3 Å². The quantitative estimate of drug-likeness (QED) is 0.670. The van der Waals surface area contributed by atoms with Crippen molar-refractivity contribution in [2.45, 2.75) is 18.3 Å². The van der Waals surface area contributed by atoms with Crippen molar-refractivity contribution in [1.82, 2.24) is 9.97 Å². The second-order valence-electron chi connectivity index (χ2n) is 5.53. The van der Waals surface area contributed by atoms with Crippen molar-refractivity contribution >= 4 is 23.2 Å². The summed E-state index contributed by atoms with van der Waals surface area (Å²) in [7, 11) is 0. The molecule has 0 bridgehead atoms. The van der Waals surface area contributed by atoms with E-state index in [1.807, 2.05) is 36.4 Å². The number of aromatic amines is 1. The van der Waals surface area contributed by atoms with E-state index < -0.39 is 5.92 Å². The molecule has 0 radical (unpaired) electrons. The third-order valence-electron chi connectivity index (χ3n) is 4.03. The maximum Gasteiger partial charge on any atom is 0.106 e. The number of hydrogen-bond donors (Lipinski definition) is 1. The number of nitrogens with zero attached hydrogens (tertiary/aromatic N) is 2. The minimum absolute atomic E-state index is 0.0685. The van der Waals surface area contributed by atoms with Gasteiger partial charge in [0.1, 0.15) is 5.82 Å². The summed E-state index contributed by atoms with van der Waals surface area (Å²) in [5.41, 5.74) is 1.86. The van der Waals surface area contributed by atoms with Gasteiger partial charge in [-0.1, -0.05) is 59.6 Å². The van der Waals surface area contributed by atoms with Crippen molar-refractivity contribution in [3.63, 3.8) is 0 Å². The third-order valence-corrected chi connectivity index (χ3v) is 4.60. The molecule has 0 aliphatic carbocycles. The largest absolute Gasteiger partial charge is 0.349 e. The summed E-state index contributed by atoms with van der Waals surface area (Å²) in [5.74, 6) is 0.373. The van der Waals surface area contributed by atoms with Gasteiger partial charge in [0.2, 0.25) is 0 Å². The van der Waals surface area contributed by atoms with E-state index in [0.29, 0.717) is 16.5 Å². The van der Waals surface area contributed by atoms with Gasteiger partial charge in [-0.15, -0.1) is 0 Å². The van der Waals surface area contributed by atoms with Gasteiger partial charge in [-0.3, -0.25) is 0 Å². The number of H-pyrrole nitrogens is 1. The first-order chi connectivity index (χ1) is 11.7. The summed E-state index contributed by atoms with van der Waals surface area (Å²) in [5, 5.41) is 10.9. The molecule has 0 amide bonds. The lowest BCUT2D eigenvalue weighted by molar-refractivity contribution is 0.608. The van der Waals surface area contributed by atoms with E-state index >= 15 is 0 Å². The van der Waals surface area contributed by atoms with Crippen LogP contribution in [0.3, 0.4) is 0 Å². The van der Waals surface area contributed by atoms with E-state index in [9.17, 15) is 5.26 Å². The Morgan fingerprint density at radius 3 is 2.54 bits per heavy atom. The molecule has 0 aliphatic rings. The standard InChI is InChI=1S/C19H15Cl2N3/c20-14-6-7-15(18(21)10-14)17(12-22)16(11-19-23-8-9-24-19)13-4-2-1-3-5-13/h1-10,16-17H,11H2,(H,23,24). The SMILES string of the molecule is N#CC(c1ccc(Cl)cc1Cl)C(Cc1ncc[nH]1)c1ccccc1. The van der Waals surface area contributed by atoms with E-state index in [-0.39, 0.29) is 5.92 Å². The summed E-state index contributed by atoms with van der Waals surface area (Å²) in [4.78, 5) is 7.43. The number of aromatic nitrogens is 2. The highest BCUT2D eigenvalue weighted by atomic mass is 35.5. The zero-order valence-electron chi connectivity index (χ0n) is 12.8. The summed E-state index contributed by atoms with van der Waals surface area (Å²) in [6.07, 6.45) is 4.12. The fraction of sp³-hybridized carbons (Fsp3) is 0.158. The molecule has 3 aromatic rings. The van der Waals surface area contributed by atoms with Crippen LogP contribution in [0.1, 0.15) is 28.8 Å². The van der Waals surface area contributed by atoms with E-state index in [1.165, 1.54) is 0 Å². The average Bonchev–Trinajstić information content (AvgIpc) is 3.10. The zero-order chi connectivity index (χ0) is 16.9. The predicted molar refractivity (Wildman–Crippen MR) is 96.3 cm³/mol. The first kappa shape index (κ1) is 16.6. The van der Waals surface area contributed by atoms with Crippen molar-refractivity contribution < 1.29 is 0 Å². The molecule has 1 N–H and O–H groups in total. The minimum atomic E-state index is -0.401. The number of benzene rings is 2. The molecule has 2 atom stereocenters. The van der Waals surface area contributed by atoms with Crippen molar-refractivity contribution in [3.05, 3.63) is 87.9 Å². The van der Waals surface area contributed by atoms with Crippen molar-refractivity contribution in [1.29, 1.82) is 5.26 Å². The molecule has 3 nitrogen and oxygen atoms in total. The van der Waals surface area contributed by atoms with Crippen molar-refractivity contribution in [3.8, 4) is 6.07 Å². The first-order valence-electron chi connectivity index (χ1n) is 7.57. The second-order valence-corrected chi connectivity index (χ2v) is 6.37. The van der Waals surface area contributed by atoms with E-state index in [1.54, 1.807) is 24.5 Å². The van der Waals surface area contributed by atoms with Crippen LogP contribution in [0, 0.1) is 11.3 Å². The molecule has 0 aliphatic heterocycles. The fourth-order valence-corrected chi connectivity index (χ4v) is 3.40. The van der Waals surface area contributed by atoms with Gasteiger partial charge in [-0.2, -0.15) is 5.26 Å². The molecule has 5 heteroatoms. The maximum atomic E-state index is 9.86. The fourth-order valence-electron chi connectivity index (χ4n) is 2.88. The van der Waals surface area contributed by atoms with Gasteiger partial charge in [-0.25, -0.2) is 4.98 Å². The highest BCUT2D eigenvalue weighted by Crippen LogP contribution is 2.38. The lowest BCUT2D eigenvalue weighted by Gasteiger charge is -2.23. The maximum absolute atomic E-state index is 9.86. The highest BCUT2D eigenvalue weighted by molar-refractivity contribution is 6.35. The third kappa shape index (κ3) is 3.62. The monoisotopic (exact) mass is 355 g/mol. The van der Waals surface area contributed by atoms with Gasteiger partial charge in [0.25, 0.3) is 0 Å². The predicted octanol–water partition coefficient (Wildman–Crippen LogP) is 5.35. The van der Waals surface area contributed by atoms with E-state index in [4.69, 9.17) is 23.2 Å². The molecular weight excluding hydrogens is 341 g/mol. The summed E-state index contributed by atoms with van der Waals surface area (Å²) in [6, 6.07) is 17.7. The zero-order valence-corrected chi connectivity index (χ0v) is 14.3. The second kappa shape index (κ2) is 7.53. The average molecular weight is 356 g/mol. The van der Waals surface area contributed by atoms with Gasteiger partial charge >= 0.3 is 0 Å². The molecule has 0 spiro atoms. The Balaban J connectivity index is 2.03. The molecule has 3 rings (SSSR count). The minimum Gasteiger partial charge on any atom is -0.349 e. The Kier molecular flexibility index (Phi) is 5.20. The highest BCUT2D eigenvalue weighted by Gasteiger charge is 2.27. The van der Waals surface area contributed by atoms with Gasteiger partial charge in [0.05, 0.1) is 12.0 Å². The number of hydrogen-bond acceptors (Lipinski definition) is 2. The van der Waals surface area contributed by atoms with Gasteiger partial charge < -0.3 is 4.98 Å². The van der Waals surface area contributed by atoms with Crippen LogP contribution in [-0.4, -0.2) is 9.97 Å². The van der Waals surface area contributed by atoms with Crippen LogP contribution in [0.2, 0.25) is 10.0 Å². The topological polar surface area (TPSA) is 52.5 Å². The number of nitriles is 1. The molecule has 120 valence electrons. The Morgan fingerprint density at radius 2 is 1.92 bits per heavy atom. The summed E-state index contributed by atoms with van der Waals surface area (Å²) < 4.78 is 0. The number of nitrogens with one attached hydrogen (secondary N) is 1. The smallest absolute Gasteiger partial charge is 0.106 e. The summed E-state index contributed by atoms with van der Waals surface area (Å²) >= 11 is 12.4. The van der Waals surface area contributed by atoms with E-state index in [0.717, 1.165) is 17.0 Å². The lowest BCUT2D eigenvalue weighted by atomic mass is 9.80. The molecule has 0 fully saturated rings. The summed E-state index contributed by atoms with van der Waals surface area (Å²) in [6.45, 7) is 0. The van der Waals surface area contributed by atoms with Crippen LogP contribution < -0.4 is 0 Å². The van der Waals surface area contributed by atoms with Crippen LogP contribution in [0.25, 0.3) is 0 Å². The van der Waals surface area contributed by atoms with Crippen molar-refractivity contribution in [2.75, 3.05) is 0 Å². The van der Waals surface area contributed by atoms with E-state index in [2.05, 4.69) is 16.0 Å². The van der Waals surface area contributed by atoms with Crippen LogP contribution in [0.15, 0.2) is 60.9 Å². The van der Waals surface area contributed by atoms with Crippen LogP contribution >= 0.6 is 23.2 Å². The van der Waals surface area contributed by atoms with Crippen LogP contribution in [0.4, 0.5) is 0 Å². The first-order valence-corrected chi connectivity index (χ1v) is 8.32. The molecule has 1 heterocycles. The van der Waals surface area contributed by atoms with Crippen LogP contribution in [0.5, 0.6) is 0 Å². The molecular formula is C19H15Cl2N3. The molecule has 24 heavy (non-hydrogen) atoms. The lowest BCUT2D eigenvalue weighted by Crippen LogP contribution is -2.14. The molecule has 0 saturated heterocycles. The van der Waals surface area contributed by atoms with Gasteiger partial charge in [0.15, 0.2) is 0 Å². The molecule has 1 aromatic heterocycles. The van der Waals surface area contributed by atoms with Gasteiger partial charge in [0, 0.05) is 34.8 Å². The van der Waals surface area contributed by atoms with Crippen LogP contribution in [-0.2, 0) is 6.42 Å². The van der Waals surface area contributed by atoms with Crippen molar-refractivity contribution in [2.24, 2.45) is 0 Å². The normalized spacial score (nSPS) is 13.2. The Labute approximate surface area is 150 Å². The molecule has 2 aromatic carbocycles. The Hall–Kier alpha value is -2.28. The molecule has 0 saturated carbocycles.